The lowest BCUT2D eigenvalue weighted by Gasteiger charge is -2.66. The summed E-state index contributed by atoms with van der Waals surface area (Å²) < 4.78 is 6.50. The molecule has 0 unspecified atom stereocenters. The maximum absolute atomic E-state index is 12.8. The van der Waals surface area contributed by atoms with Gasteiger partial charge in [0.15, 0.2) is 0 Å². The number of ketones is 1. The topological polar surface area (TPSA) is 29.6 Å². The van der Waals surface area contributed by atoms with Crippen LogP contribution < -0.4 is 0 Å². The van der Waals surface area contributed by atoms with Gasteiger partial charge in [-0.3, -0.25) is 4.79 Å². The third kappa shape index (κ3) is 2.83. The van der Waals surface area contributed by atoms with Gasteiger partial charge in [-0.2, -0.15) is 0 Å². The number of hydrogen-bond donors (Lipinski definition) is 0. The number of carbonyl (C=O) groups is 1. The molecular formula is C30H48O2. The Balaban J connectivity index is 1.42. The van der Waals surface area contributed by atoms with E-state index in [1.54, 1.807) is 0 Å². The van der Waals surface area contributed by atoms with E-state index < -0.39 is 0 Å². The Morgan fingerprint density at radius 3 is 2.25 bits per heavy atom. The SMILES string of the molecule is CC(C)=CC[C@H]1O[C@@]1(C)[C@@H]1CC[C@]2(C)[C@@H]3CC[C@H]4C(C)(C)C(=O)CC[C@]4(C)[C@H]3CC[C@@]12C. The van der Waals surface area contributed by atoms with Gasteiger partial charge in [-0.15, -0.1) is 0 Å². The van der Waals surface area contributed by atoms with Crippen LogP contribution in [-0.4, -0.2) is 17.5 Å². The molecule has 0 aromatic rings. The van der Waals surface area contributed by atoms with Gasteiger partial charge in [0.1, 0.15) is 5.78 Å². The second-order valence-electron chi connectivity index (χ2n) is 14.3. The van der Waals surface area contributed by atoms with E-state index in [1.165, 1.54) is 44.1 Å². The van der Waals surface area contributed by atoms with Crippen LogP contribution in [0.5, 0.6) is 0 Å². The maximum atomic E-state index is 12.8. The summed E-state index contributed by atoms with van der Waals surface area (Å²) in [5.41, 5.74) is 2.48. The van der Waals surface area contributed by atoms with Gasteiger partial charge in [-0.05, 0) is 112 Å². The van der Waals surface area contributed by atoms with E-state index >= 15 is 0 Å². The predicted molar refractivity (Wildman–Crippen MR) is 131 cm³/mol. The quantitative estimate of drug-likeness (QED) is 0.331. The van der Waals surface area contributed by atoms with E-state index in [2.05, 4.69) is 61.5 Å². The summed E-state index contributed by atoms with van der Waals surface area (Å²) in [7, 11) is 0. The molecule has 1 aliphatic heterocycles. The molecule has 0 spiro atoms. The number of hydrogen-bond acceptors (Lipinski definition) is 2. The molecule has 180 valence electrons. The fourth-order valence-electron chi connectivity index (χ4n) is 10.4. The summed E-state index contributed by atoms with van der Waals surface area (Å²) in [5.74, 6) is 3.38. The van der Waals surface area contributed by atoms with Crippen LogP contribution in [0.1, 0.15) is 113 Å². The zero-order valence-corrected chi connectivity index (χ0v) is 22.1. The summed E-state index contributed by atoms with van der Waals surface area (Å²) in [4.78, 5) is 12.8. The summed E-state index contributed by atoms with van der Waals surface area (Å²) in [5, 5.41) is 0. The van der Waals surface area contributed by atoms with Gasteiger partial charge in [-0.1, -0.05) is 46.3 Å². The van der Waals surface area contributed by atoms with Crippen molar-refractivity contribution in [2.24, 2.45) is 45.3 Å². The molecule has 2 heteroatoms. The Hall–Kier alpha value is -0.630. The predicted octanol–water partition coefficient (Wildman–Crippen LogP) is 7.75. The summed E-state index contributed by atoms with van der Waals surface area (Å²) in [6, 6.07) is 0. The van der Waals surface area contributed by atoms with E-state index in [-0.39, 0.29) is 11.0 Å². The van der Waals surface area contributed by atoms with E-state index in [0.29, 0.717) is 40.0 Å². The summed E-state index contributed by atoms with van der Waals surface area (Å²) >= 11 is 0. The van der Waals surface area contributed by atoms with Crippen LogP contribution in [0.4, 0.5) is 0 Å². The Kier molecular flexibility index (Phi) is 5.03. The molecule has 0 aromatic heterocycles. The number of rotatable bonds is 3. The lowest BCUT2D eigenvalue weighted by atomic mass is 9.38. The van der Waals surface area contributed by atoms with E-state index in [4.69, 9.17) is 4.74 Å². The fraction of sp³-hybridized carbons (Fsp3) is 0.900. The van der Waals surface area contributed by atoms with Crippen LogP contribution in [0.2, 0.25) is 0 Å². The van der Waals surface area contributed by atoms with Gasteiger partial charge in [0, 0.05) is 11.8 Å². The third-order valence-electron chi connectivity index (χ3n) is 12.6. The van der Waals surface area contributed by atoms with Crippen LogP contribution >= 0.6 is 0 Å². The van der Waals surface area contributed by atoms with Crippen LogP contribution in [0.25, 0.3) is 0 Å². The first kappa shape index (κ1) is 23.1. The molecule has 5 rings (SSSR count). The summed E-state index contributed by atoms with van der Waals surface area (Å²) in [6.45, 7) is 19.3. The van der Waals surface area contributed by atoms with Gasteiger partial charge in [0.25, 0.3) is 0 Å². The molecule has 0 amide bonds. The molecule has 5 fully saturated rings. The molecule has 0 bridgehead atoms. The van der Waals surface area contributed by atoms with Gasteiger partial charge in [-0.25, -0.2) is 0 Å². The number of fused-ring (bicyclic) bond motifs is 5. The molecule has 32 heavy (non-hydrogen) atoms. The Bertz CT molecular complexity index is 836. The third-order valence-corrected chi connectivity index (χ3v) is 12.6. The highest BCUT2D eigenvalue weighted by atomic mass is 16.6. The smallest absolute Gasteiger partial charge is 0.138 e. The number of carbonyl (C=O) groups excluding carboxylic acids is 1. The van der Waals surface area contributed by atoms with Crippen molar-refractivity contribution in [1.29, 1.82) is 0 Å². The molecule has 4 saturated carbocycles. The average Bonchev–Trinajstić information content (AvgIpc) is 3.27. The Morgan fingerprint density at radius 1 is 0.875 bits per heavy atom. The zero-order chi connectivity index (χ0) is 23.3. The largest absolute Gasteiger partial charge is 0.366 e. The van der Waals surface area contributed by atoms with Gasteiger partial charge in [0.2, 0.25) is 0 Å². The molecule has 1 heterocycles. The van der Waals surface area contributed by atoms with Crippen molar-refractivity contribution in [3.8, 4) is 0 Å². The molecule has 5 aliphatic rings. The second-order valence-corrected chi connectivity index (χ2v) is 14.3. The highest BCUT2D eigenvalue weighted by Crippen LogP contribution is 2.76. The van der Waals surface area contributed by atoms with Crippen molar-refractivity contribution in [2.75, 3.05) is 0 Å². The van der Waals surface area contributed by atoms with E-state index in [1.807, 2.05) is 0 Å². The Morgan fingerprint density at radius 2 is 1.56 bits per heavy atom. The van der Waals surface area contributed by atoms with Crippen molar-refractivity contribution in [3.63, 3.8) is 0 Å². The van der Waals surface area contributed by atoms with E-state index in [9.17, 15) is 4.79 Å². The highest BCUT2D eigenvalue weighted by Gasteiger charge is 2.72. The number of allylic oxidation sites excluding steroid dienone is 1. The van der Waals surface area contributed by atoms with Crippen molar-refractivity contribution < 1.29 is 9.53 Å². The molecule has 0 radical (unpaired) electrons. The summed E-state index contributed by atoms with van der Waals surface area (Å²) in [6.07, 6.45) is 13.8. The number of ether oxygens (including phenoxy) is 1. The fourth-order valence-corrected chi connectivity index (χ4v) is 10.4. The molecular weight excluding hydrogens is 392 g/mol. The van der Waals surface area contributed by atoms with Gasteiger partial charge in [0.05, 0.1) is 11.7 Å². The first-order valence-electron chi connectivity index (χ1n) is 13.7. The standard InChI is InChI=1S/C30H48O2/c1-19(2)9-12-25-30(8,32-25)23-14-18-28(6)21-10-11-22-26(3,4)24(31)15-16-27(22,5)20(21)13-17-29(23,28)7/h9,20-23,25H,10-18H2,1-8H3/t20-,21+,22-,23+,25+,27+,28+,29-,30-/m0/s1. The van der Waals surface area contributed by atoms with Crippen LogP contribution in [-0.2, 0) is 9.53 Å². The molecule has 0 N–H and O–H groups in total. The van der Waals surface area contributed by atoms with Crippen molar-refractivity contribution in [1.82, 2.24) is 0 Å². The van der Waals surface area contributed by atoms with Gasteiger partial charge >= 0.3 is 0 Å². The highest BCUT2D eigenvalue weighted by molar-refractivity contribution is 5.85. The van der Waals surface area contributed by atoms with Crippen molar-refractivity contribution in [3.05, 3.63) is 11.6 Å². The lowest BCUT2D eigenvalue weighted by molar-refractivity contribution is -0.183. The zero-order valence-electron chi connectivity index (χ0n) is 22.1. The average molecular weight is 441 g/mol. The second kappa shape index (κ2) is 6.96. The monoisotopic (exact) mass is 440 g/mol. The minimum atomic E-state index is -0.134. The first-order valence-corrected chi connectivity index (χ1v) is 13.7. The minimum Gasteiger partial charge on any atom is -0.366 e. The van der Waals surface area contributed by atoms with Gasteiger partial charge < -0.3 is 4.74 Å². The molecule has 0 aromatic carbocycles. The molecule has 4 aliphatic carbocycles. The Labute approximate surface area is 197 Å². The normalized spacial score (nSPS) is 53.8. The van der Waals surface area contributed by atoms with Crippen LogP contribution in [0, 0.1) is 45.3 Å². The number of epoxide rings is 1. The maximum Gasteiger partial charge on any atom is 0.138 e. The number of Topliss-reactive ketones (excluding diaryl/α,β-unsaturated/α-hetero) is 1. The van der Waals surface area contributed by atoms with Crippen molar-refractivity contribution >= 4 is 5.78 Å². The molecule has 1 saturated heterocycles. The lowest BCUT2D eigenvalue weighted by Crippen LogP contribution is -2.61. The van der Waals surface area contributed by atoms with Crippen molar-refractivity contribution in [2.45, 2.75) is 125 Å². The van der Waals surface area contributed by atoms with E-state index in [0.717, 1.165) is 31.1 Å². The minimum absolute atomic E-state index is 0.0750. The first-order chi connectivity index (χ1) is 14.8. The molecule has 2 nitrogen and oxygen atoms in total. The molecule has 9 atom stereocenters. The van der Waals surface area contributed by atoms with Crippen LogP contribution in [0.15, 0.2) is 11.6 Å². The van der Waals surface area contributed by atoms with Crippen LogP contribution in [0.3, 0.4) is 0 Å².